The van der Waals surface area contributed by atoms with Gasteiger partial charge in [0.15, 0.2) is 0 Å². The van der Waals surface area contributed by atoms with Gasteiger partial charge in [-0.25, -0.2) is 0 Å². The predicted molar refractivity (Wildman–Crippen MR) is 120 cm³/mol. The Kier molecular flexibility index (Phi) is 21.5. The Morgan fingerprint density at radius 3 is 1.70 bits per heavy atom. The normalized spacial score (nSPS) is 14.0. The van der Waals surface area contributed by atoms with Crippen molar-refractivity contribution in [2.45, 2.75) is 84.2 Å². The molecule has 1 N–H and O–H groups in total. The van der Waals surface area contributed by atoms with Crippen LogP contribution < -0.4 is 0 Å². The zero-order chi connectivity index (χ0) is 19.8. The van der Waals surface area contributed by atoms with Gasteiger partial charge in [0.1, 0.15) is 0 Å². The third-order valence-corrected chi connectivity index (χ3v) is 4.07. The van der Waals surface area contributed by atoms with E-state index in [0.717, 1.165) is 70.8 Å². The van der Waals surface area contributed by atoms with Crippen molar-refractivity contribution in [3.8, 4) is 0 Å². The van der Waals surface area contributed by atoms with Crippen LogP contribution in [-0.2, 0) is 4.74 Å². The number of unbranched alkanes of at least 4 members (excludes halogenated alkanes) is 2. The summed E-state index contributed by atoms with van der Waals surface area (Å²) in [4.78, 5) is 0. The van der Waals surface area contributed by atoms with Crippen molar-refractivity contribution in [3.63, 3.8) is 0 Å². The minimum atomic E-state index is 0.0262. The molecule has 0 aliphatic heterocycles. The molecule has 0 aliphatic carbocycles. The summed E-state index contributed by atoms with van der Waals surface area (Å²) in [5, 5.41) is 9.24. The number of aliphatic hydroxyl groups is 1. The predicted octanol–water partition coefficient (Wildman–Crippen LogP) is 7.09. The first-order valence-corrected chi connectivity index (χ1v) is 10.8. The van der Waals surface area contributed by atoms with Crippen LogP contribution in [0.3, 0.4) is 0 Å². The van der Waals surface area contributed by atoms with E-state index in [-0.39, 0.29) is 12.7 Å². The summed E-state index contributed by atoms with van der Waals surface area (Å²) < 4.78 is 5.58. The van der Waals surface area contributed by atoms with Gasteiger partial charge in [-0.3, -0.25) is 0 Å². The molecule has 0 aromatic rings. The summed E-state index contributed by atoms with van der Waals surface area (Å²) in [6.45, 7) is 5.14. The van der Waals surface area contributed by atoms with Gasteiger partial charge in [-0.05, 0) is 57.8 Å². The summed E-state index contributed by atoms with van der Waals surface area (Å²) in [6.07, 6.45) is 32.9. The molecule has 0 bridgehead atoms. The number of ether oxygens (including phenoxy) is 1. The van der Waals surface area contributed by atoms with Crippen LogP contribution in [0.15, 0.2) is 60.8 Å². The molecule has 1 atom stereocenters. The average Bonchev–Trinajstić information content (AvgIpc) is 2.69. The molecule has 0 saturated heterocycles. The molecule has 0 heterocycles. The highest BCUT2D eigenvalue weighted by Gasteiger charge is 2.05. The molecule has 154 valence electrons. The highest BCUT2D eigenvalue weighted by Crippen LogP contribution is 2.08. The zero-order valence-electron chi connectivity index (χ0n) is 17.7. The maximum absolute atomic E-state index is 9.24. The Balaban J connectivity index is 3.52. The lowest BCUT2D eigenvalue weighted by Crippen LogP contribution is -2.18. The average molecular weight is 375 g/mol. The second kappa shape index (κ2) is 22.7. The van der Waals surface area contributed by atoms with E-state index in [2.05, 4.69) is 74.6 Å². The highest BCUT2D eigenvalue weighted by atomic mass is 16.5. The molecule has 0 fully saturated rings. The molecule has 0 amide bonds. The number of aliphatic hydroxyl groups excluding tert-OH is 1. The van der Waals surface area contributed by atoms with Crippen molar-refractivity contribution in [2.24, 2.45) is 0 Å². The number of hydrogen-bond acceptors (Lipinski definition) is 2. The highest BCUT2D eigenvalue weighted by molar-refractivity contribution is 5.00. The second-order valence-electron chi connectivity index (χ2n) is 6.67. The van der Waals surface area contributed by atoms with Crippen LogP contribution in [-0.4, -0.2) is 24.4 Å². The summed E-state index contributed by atoms with van der Waals surface area (Å²) in [5.74, 6) is 0. The molecule has 0 aromatic heterocycles. The number of hydrogen-bond donors (Lipinski definition) is 1. The molecule has 0 rings (SSSR count). The lowest BCUT2D eigenvalue weighted by Gasteiger charge is -2.14. The van der Waals surface area contributed by atoms with Gasteiger partial charge in [0, 0.05) is 6.61 Å². The van der Waals surface area contributed by atoms with Crippen LogP contribution in [0.2, 0.25) is 0 Å². The van der Waals surface area contributed by atoms with E-state index in [0.29, 0.717) is 0 Å². The monoisotopic (exact) mass is 374 g/mol. The molecule has 2 nitrogen and oxygen atoms in total. The van der Waals surface area contributed by atoms with Crippen molar-refractivity contribution in [1.82, 2.24) is 0 Å². The van der Waals surface area contributed by atoms with E-state index in [9.17, 15) is 5.11 Å². The van der Waals surface area contributed by atoms with E-state index in [1.165, 1.54) is 0 Å². The van der Waals surface area contributed by atoms with Crippen LogP contribution in [0.4, 0.5) is 0 Å². The van der Waals surface area contributed by atoms with Gasteiger partial charge in [0.05, 0.1) is 12.7 Å². The van der Waals surface area contributed by atoms with Crippen molar-refractivity contribution < 1.29 is 9.84 Å². The Morgan fingerprint density at radius 2 is 1.22 bits per heavy atom. The lowest BCUT2D eigenvalue weighted by molar-refractivity contribution is 0.00719. The first-order chi connectivity index (χ1) is 13.3. The van der Waals surface area contributed by atoms with E-state index >= 15 is 0 Å². The molecular formula is C25H42O2. The van der Waals surface area contributed by atoms with Crippen LogP contribution in [0, 0.1) is 0 Å². The molecule has 27 heavy (non-hydrogen) atoms. The fourth-order valence-electron chi connectivity index (χ4n) is 2.51. The zero-order valence-corrected chi connectivity index (χ0v) is 17.7. The fourth-order valence-corrected chi connectivity index (χ4v) is 2.51. The quantitative estimate of drug-likeness (QED) is 0.205. The first-order valence-electron chi connectivity index (χ1n) is 10.8. The van der Waals surface area contributed by atoms with Gasteiger partial charge in [-0.15, -0.1) is 0 Å². The number of rotatable bonds is 18. The van der Waals surface area contributed by atoms with Gasteiger partial charge < -0.3 is 9.84 Å². The van der Waals surface area contributed by atoms with Crippen molar-refractivity contribution >= 4 is 0 Å². The third-order valence-electron chi connectivity index (χ3n) is 4.07. The van der Waals surface area contributed by atoms with Crippen LogP contribution in [0.25, 0.3) is 0 Å². The SMILES string of the molecule is CC/C=C\C/C=C\C/C=C\C/C=C\C/C=C\CCCCC(CO)OCCC. The van der Waals surface area contributed by atoms with E-state index in [1.807, 2.05) is 0 Å². The molecule has 1 unspecified atom stereocenters. The van der Waals surface area contributed by atoms with E-state index < -0.39 is 0 Å². The molecule has 0 saturated carbocycles. The molecule has 0 spiro atoms. The number of allylic oxidation sites excluding steroid dienone is 10. The van der Waals surface area contributed by atoms with Crippen molar-refractivity contribution in [1.29, 1.82) is 0 Å². The largest absolute Gasteiger partial charge is 0.394 e. The third kappa shape index (κ3) is 20.8. The van der Waals surface area contributed by atoms with Gasteiger partial charge in [-0.2, -0.15) is 0 Å². The minimum Gasteiger partial charge on any atom is -0.394 e. The maximum atomic E-state index is 9.24. The van der Waals surface area contributed by atoms with Crippen LogP contribution in [0.5, 0.6) is 0 Å². The van der Waals surface area contributed by atoms with Crippen LogP contribution >= 0.6 is 0 Å². The van der Waals surface area contributed by atoms with Gasteiger partial charge in [-0.1, -0.05) is 81.0 Å². The van der Waals surface area contributed by atoms with Gasteiger partial charge >= 0.3 is 0 Å². The van der Waals surface area contributed by atoms with E-state index in [4.69, 9.17) is 4.74 Å². The van der Waals surface area contributed by atoms with Gasteiger partial charge in [0.25, 0.3) is 0 Å². The molecule has 0 aromatic carbocycles. The Bertz CT molecular complexity index is 430. The second-order valence-corrected chi connectivity index (χ2v) is 6.67. The summed E-state index contributed by atoms with van der Waals surface area (Å²) in [5.41, 5.74) is 0. The van der Waals surface area contributed by atoms with Crippen molar-refractivity contribution in [3.05, 3.63) is 60.8 Å². The Hall–Kier alpha value is -1.38. The standard InChI is InChI=1S/C25H42O2/c1-3-5-6-7-8-9-10-11-12-13-14-15-16-17-18-19-20-21-22-25(24-26)27-23-4-2/h5-6,8-9,11-12,14-15,17-18,25-26H,3-4,7,10,13,16,19-24H2,1-2H3/b6-5-,9-8-,12-11-,15-14-,18-17-. The summed E-state index contributed by atoms with van der Waals surface area (Å²) in [6, 6.07) is 0. The smallest absolute Gasteiger partial charge is 0.0805 e. The first kappa shape index (κ1) is 25.6. The van der Waals surface area contributed by atoms with Gasteiger partial charge in [0.2, 0.25) is 0 Å². The Morgan fingerprint density at radius 1 is 0.704 bits per heavy atom. The Labute approximate surface area is 168 Å². The van der Waals surface area contributed by atoms with E-state index in [1.54, 1.807) is 0 Å². The van der Waals surface area contributed by atoms with Crippen molar-refractivity contribution in [2.75, 3.05) is 13.2 Å². The lowest BCUT2D eigenvalue weighted by atomic mass is 10.1. The maximum Gasteiger partial charge on any atom is 0.0805 e. The summed E-state index contributed by atoms with van der Waals surface area (Å²) in [7, 11) is 0. The molecule has 0 radical (unpaired) electrons. The molecule has 2 heteroatoms. The minimum absolute atomic E-state index is 0.0262. The molecular weight excluding hydrogens is 332 g/mol. The molecule has 0 aliphatic rings. The van der Waals surface area contributed by atoms with Crippen LogP contribution in [0.1, 0.15) is 78.1 Å². The topological polar surface area (TPSA) is 29.5 Å². The summed E-state index contributed by atoms with van der Waals surface area (Å²) >= 11 is 0. The fraction of sp³-hybridized carbons (Fsp3) is 0.600.